The van der Waals surface area contributed by atoms with Crippen LogP contribution in [0, 0.1) is 46.3 Å². The first-order valence-electron chi connectivity index (χ1n) is 14.4. The van der Waals surface area contributed by atoms with Crippen LogP contribution in [-0.4, -0.2) is 21.4 Å². The topological polar surface area (TPSA) is 40.5 Å². The second-order valence-corrected chi connectivity index (χ2v) is 14.2. The van der Waals surface area contributed by atoms with Crippen LogP contribution in [0.1, 0.15) is 131 Å². The molecule has 186 valence electrons. The van der Waals surface area contributed by atoms with Gasteiger partial charge in [0.05, 0.1) is 11.2 Å². The van der Waals surface area contributed by atoms with Crippen LogP contribution in [0.3, 0.4) is 0 Å². The fraction of sp³-hybridized carbons (Fsp3) is 1.00. The lowest BCUT2D eigenvalue weighted by molar-refractivity contribution is -0.148. The Balaban J connectivity index is 1.43. The van der Waals surface area contributed by atoms with E-state index in [0.29, 0.717) is 10.8 Å². The second-order valence-electron chi connectivity index (χ2n) is 14.2. The van der Waals surface area contributed by atoms with Crippen LogP contribution in [-0.2, 0) is 0 Å². The summed E-state index contributed by atoms with van der Waals surface area (Å²) >= 11 is 0. The molecule has 0 radical (unpaired) electrons. The number of rotatable bonds is 7. The Labute approximate surface area is 199 Å². The van der Waals surface area contributed by atoms with E-state index in [1.165, 1.54) is 57.8 Å². The van der Waals surface area contributed by atoms with E-state index in [1.54, 1.807) is 0 Å². The summed E-state index contributed by atoms with van der Waals surface area (Å²) in [6.07, 6.45) is 17.2. The minimum Gasteiger partial charge on any atom is -0.390 e. The molecule has 0 aromatic carbocycles. The van der Waals surface area contributed by atoms with E-state index in [-0.39, 0.29) is 0 Å². The normalized spacial score (nSPS) is 48.9. The Hall–Kier alpha value is -0.0800. The molecule has 0 bridgehead atoms. The van der Waals surface area contributed by atoms with Gasteiger partial charge in [0, 0.05) is 0 Å². The van der Waals surface area contributed by atoms with E-state index in [2.05, 4.69) is 41.5 Å². The predicted molar refractivity (Wildman–Crippen MR) is 134 cm³/mol. The van der Waals surface area contributed by atoms with Crippen molar-refractivity contribution in [3.63, 3.8) is 0 Å². The second kappa shape index (κ2) is 8.85. The van der Waals surface area contributed by atoms with Gasteiger partial charge in [-0.1, -0.05) is 40.5 Å². The van der Waals surface area contributed by atoms with Crippen LogP contribution in [0.5, 0.6) is 0 Å². The number of unbranched alkanes of at least 4 members (excludes halogenated alkanes) is 1. The van der Waals surface area contributed by atoms with Crippen molar-refractivity contribution in [2.45, 2.75) is 143 Å². The molecular weight excluding hydrogens is 392 g/mol. The van der Waals surface area contributed by atoms with Crippen molar-refractivity contribution >= 4 is 0 Å². The third kappa shape index (κ3) is 4.46. The van der Waals surface area contributed by atoms with Crippen LogP contribution in [0.4, 0.5) is 0 Å². The van der Waals surface area contributed by atoms with E-state index >= 15 is 0 Å². The predicted octanol–water partition coefficient (Wildman–Crippen LogP) is 7.75. The number of aliphatic hydroxyl groups is 2. The van der Waals surface area contributed by atoms with Gasteiger partial charge in [0.1, 0.15) is 0 Å². The SMILES string of the molecule is CCCC[C@@](C)(O)CC[C@@H](C)C1CC[C@H]2[C@@H]3CC[C@H]4C[C@@](C)(O)CC[C@]4(C)[C@H]3CC[C@]12C. The van der Waals surface area contributed by atoms with Gasteiger partial charge in [-0.05, 0) is 137 Å². The molecule has 0 spiro atoms. The summed E-state index contributed by atoms with van der Waals surface area (Å²) in [6, 6.07) is 0. The average Bonchev–Trinajstić information content (AvgIpc) is 3.08. The third-order valence-corrected chi connectivity index (χ3v) is 11.9. The zero-order valence-electron chi connectivity index (χ0n) is 22.3. The molecule has 0 amide bonds. The molecule has 10 atom stereocenters. The van der Waals surface area contributed by atoms with Crippen molar-refractivity contribution in [1.29, 1.82) is 0 Å². The van der Waals surface area contributed by atoms with Crippen molar-refractivity contribution in [2.24, 2.45) is 46.3 Å². The fourth-order valence-corrected chi connectivity index (χ4v) is 9.83. The van der Waals surface area contributed by atoms with Gasteiger partial charge < -0.3 is 10.2 Å². The van der Waals surface area contributed by atoms with Crippen molar-refractivity contribution in [3.8, 4) is 0 Å². The van der Waals surface area contributed by atoms with Crippen LogP contribution in [0.15, 0.2) is 0 Å². The van der Waals surface area contributed by atoms with Crippen LogP contribution in [0.25, 0.3) is 0 Å². The zero-order chi connectivity index (χ0) is 23.4. The van der Waals surface area contributed by atoms with Crippen molar-refractivity contribution in [3.05, 3.63) is 0 Å². The molecule has 4 rings (SSSR count). The molecule has 2 N–H and O–H groups in total. The summed E-state index contributed by atoms with van der Waals surface area (Å²) in [6.45, 7) is 14.1. The average molecular weight is 447 g/mol. The first-order valence-corrected chi connectivity index (χ1v) is 14.4. The summed E-state index contributed by atoms with van der Waals surface area (Å²) in [7, 11) is 0. The first kappa shape index (κ1) is 25.0. The van der Waals surface area contributed by atoms with Gasteiger partial charge in [0.2, 0.25) is 0 Å². The lowest BCUT2D eigenvalue weighted by Crippen LogP contribution is -2.55. The molecule has 1 unspecified atom stereocenters. The Morgan fingerprint density at radius 2 is 1.62 bits per heavy atom. The van der Waals surface area contributed by atoms with Gasteiger partial charge in [-0.3, -0.25) is 0 Å². The van der Waals surface area contributed by atoms with E-state index in [9.17, 15) is 10.2 Å². The highest BCUT2D eigenvalue weighted by molar-refractivity contribution is 5.10. The Bertz CT molecular complexity index is 653. The summed E-state index contributed by atoms with van der Waals surface area (Å²) in [5.74, 6) is 5.02. The highest BCUT2D eigenvalue weighted by Crippen LogP contribution is 2.68. The molecule has 4 aliphatic carbocycles. The fourth-order valence-electron chi connectivity index (χ4n) is 9.83. The van der Waals surface area contributed by atoms with E-state index in [1.807, 2.05) is 0 Å². The molecule has 4 aliphatic rings. The van der Waals surface area contributed by atoms with E-state index in [4.69, 9.17) is 0 Å². The largest absolute Gasteiger partial charge is 0.390 e. The molecule has 0 saturated heterocycles. The number of hydrogen-bond donors (Lipinski definition) is 2. The molecule has 4 fully saturated rings. The van der Waals surface area contributed by atoms with E-state index < -0.39 is 11.2 Å². The third-order valence-electron chi connectivity index (χ3n) is 11.9. The monoisotopic (exact) mass is 446 g/mol. The zero-order valence-corrected chi connectivity index (χ0v) is 22.3. The van der Waals surface area contributed by atoms with Crippen LogP contribution >= 0.6 is 0 Å². The Morgan fingerprint density at radius 3 is 2.34 bits per heavy atom. The summed E-state index contributed by atoms with van der Waals surface area (Å²) in [5, 5.41) is 21.6. The van der Waals surface area contributed by atoms with Gasteiger partial charge in [0.25, 0.3) is 0 Å². The maximum absolute atomic E-state index is 10.8. The summed E-state index contributed by atoms with van der Waals surface area (Å²) in [5.41, 5.74) is 0.0792. The van der Waals surface area contributed by atoms with Gasteiger partial charge in [-0.2, -0.15) is 0 Å². The maximum atomic E-state index is 10.8. The van der Waals surface area contributed by atoms with E-state index in [0.717, 1.165) is 67.6 Å². The highest BCUT2D eigenvalue weighted by Gasteiger charge is 2.61. The quantitative estimate of drug-likeness (QED) is 0.419. The van der Waals surface area contributed by atoms with Crippen molar-refractivity contribution in [2.75, 3.05) is 0 Å². The number of hydrogen-bond acceptors (Lipinski definition) is 2. The lowest BCUT2D eigenvalue weighted by Gasteiger charge is -2.62. The van der Waals surface area contributed by atoms with Crippen LogP contribution in [0.2, 0.25) is 0 Å². The maximum Gasteiger partial charge on any atom is 0.0622 e. The molecule has 0 aromatic heterocycles. The minimum absolute atomic E-state index is 0.424. The van der Waals surface area contributed by atoms with Gasteiger partial charge in [-0.25, -0.2) is 0 Å². The van der Waals surface area contributed by atoms with Gasteiger partial charge in [0.15, 0.2) is 0 Å². The van der Waals surface area contributed by atoms with Crippen molar-refractivity contribution < 1.29 is 10.2 Å². The minimum atomic E-state index is -0.476. The number of fused-ring (bicyclic) bond motifs is 5. The van der Waals surface area contributed by atoms with Crippen LogP contribution < -0.4 is 0 Å². The highest BCUT2D eigenvalue weighted by atomic mass is 16.3. The summed E-state index contributed by atoms with van der Waals surface area (Å²) < 4.78 is 0. The summed E-state index contributed by atoms with van der Waals surface area (Å²) in [4.78, 5) is 0. The smallest absolute Gasteiger partial charge is 0.0622 e. The van der Waals surface area contributed by atoms with Gasteiger partial charge >= 0.3 is 0 Å². The molecule has 0 aliphatic heterocycles. The molecule has 2 heteroatoms. The Morgan fingerprint density at radius 1 is 0.906 bits per heavy atom. The van der Waals surface area contributed by atoms with Gasteiger partial charge in [-0.15, -0.1) is 0 Å². The Kier molecular flexibility index (Phi) is 6.92. The molecule has 0 aromatic rings. The molecule has 4 saturated carbocycles. The van der Waals surface area contributed by atoms with Crippen molar-refractivity contribution in [1.82, 2.24) is 0 Å². The molecule has 32 heavy (non-hydrogen) atoms. The molecular formula is C30H54O2. The molecule has 0 heterocycles. The lowest BCUT2D eigenvalue weighted by atomic mass is 9.43. The molecule has 2 nitrogen and oxygen atoms in total. The first-order chi connectivity index (χ1) is 14.9. The standard InChI is InChI=1S/C30H54O2/c1-7-8-15-27(3,31)16-13-21(2)24-11-12-25-23-10-9-22-20-28(4,32)18-19-29(22,5)26(23)14-17-30(24,25)6/h21-26,31-32H,7-20H2,1-6H3/t21-,22+,23+,24?,25+,26+,27-,28+,29+,30-/m1/s1.